The van der Waals surface area contributed by atoms with Gasteiger partial charge in [0.15, 0.2) is 11.6 Å². The summed E-state index contributed by atoms with van der Waals surface area (Å²) in [5.74, 6) is -1.07. The van der Waals surface area contributed by atoms with Crippen molar-refractivity contribution in [1.29, 1.82) is 0 Å². The standard InChI is InChI=1S/C18H20FNO3/c1-20(2)12-17(13-7-5-4-6-8-13)23-16-10-9-14(11-15(16)19)18(21)22-3/h4-11,17H,12H2,1-3H3/t17-/m0/s1. The number of rotatable bonds is 6. The molecule has 122 valence electrons. The molecule has 2 aromatic carbocycles. The van der Waals surface area contributed by atoms with Crippen molar-refractivity contribution in [2.45, 2.75) is 6.10 Å². The second kappa shape index (κ2) is 7.74. The minimum absolute atomic E-state index is 0.105. The molecule has 0 aliphatic heterocycles. The third-order valence-electron chi connectivity index (χ3n) is 3.32. The molecule has 2 aromatic rings. The monoisotopic (exact) mass is 317 g/mol. The van der Waals surface area contributed by atoms with Gasteiger partial charge >= 0.3 is 5.97 Å². The van der Waals surface area contributed by atoms with Gasteiger partial charge in [-0.2, -0.15) is 0 Å². The van der Waals surface area contributed by atoms with Gasteiger partial charge in [-0.3, -0.25) is 0 Å². The lowest BCUT2D eigenvalue weighted by atomic mass is 10.1. The Kier molecular flexibility index (Phi) is 5.71. The average Bonchev–Trinajstić information content (AvgIpc) is 2.55. The number of halogens is 1. The molecule has 0 spiro atoms. The smallest absolute Gasteiger partial charge is 0.337 e. The Morgan fingerprint density at radius 1 is 1.17 bits per heavy atom. The van der Waals surface area contributed by atoms with Crippen LogP contribution in [0.25, 0.3) is 0 Å². The van der Waals surface area contributed by atoms with Gasteiger partial charge in [0.05, 0.1) is 12.7 Å². The molecule has 5 heteroatoms. The van der Waals surface area contributed by atoms with Crippen LogP contribution in [0.2, 0.25) is 0 Å². The summed E-state index contributed by atoms with van der Waals surface area (Å²) in [4.78, 5) is 13.4. The number of carbonyl (C=O) groups excluding carboxylic acids is 1. The number of hydrogen-bond donors (Lipinski definition) is 0. The Bertz CT molecular complexity index is 659. The number of hydrogen-bond acceptors (Lipinski definition) is 4. The Morgan fingerprint density at radius 2 is 1.87 bits per heavy atom. The zero-order valence-electron chi connectivity index (χ0n) is 13.5. The molecular weight excluding hydrogens is 297 g/mol. The molecule has 0 aliphatic carbocycles. The van der Waals surface area contributed by atoms with Gasteiger partial charge in [0.1, 0.15) is 6.10 Å². The van der Waals surface area contributed by atoms with Crippen molar-refractivity contribution in [1.82, 2.24) is 4.90 Å². The molecule has 23 heavy (non-hydrogen) atoms. The van der Waals surface area contributed by atoms with E-state index in [1.807, 2.05) is 49.3 Å². The van der Waals surface area contributed by atoms with Crippen LogP contribution in [0.15, 0.2) is 48.5 Å². The van der Waals surface area contributed by atoms with Crippen molar-refractivity contribution in [3.8, 4) is 5.75 Å². The molecular formula is C18H20FNO3. The molecule has 0 saturated heterocycles. The van der Waals surface area contributed by atoms with Gasteiger partial charge in [0, 0.05) is 6.54 Å². The lowest BCUT2D eigenvalue weighted by Crippen LogP contribution is -2.24. The Balaban J connectivity index is 2.24. The predicted molar refractivity (Wildman–Crippen MR) is 86.1 cm³/mol. The van der Waals surface area contributed by atoms with Crippen LogP contribution in [0.4, 0.5) is 4.39 Å². The largest absolute Gasteiger partial charge is 0.481 e. The maximum absolute atomic E-state index is 14.2. The third kappa shape index (κ3) is 4.53. The van der Waals surface area contributed by atoms with E-state index in [-0.39, 0.29) is 17.4 Å². The Morgan fingerprint density at radius 3 is 2.43 bits per heavy atom. The molecule has 1 atom stereocenters. The van der Waals surface area contributed by atoms with E-state index in [4.69, 9.17) is 4.74 Å². The summed E-state index contributed by atoms with van der Waals surface area (Å²) < 4.78 is 24.6. The second-order valence-electron chi connectivity index (χ2n) is 5.42. The van der Waals surface area contributed by atoms with Crippen molar-refractivity contribution in [2.75, 3.05) is 27.7 Å². The Hall–Kier alpha value is -2.40. The van der Waals surface area contributed by atoms with Crippen molar-refractivity contribution < 1.29 is 18.7 Å². The lowest BCUT2D eigenvalue weighted by molar-refractivity contribution is 0.0600. The molecule has 0 saturated carbocycles. The molecule has 0 aromatic heterocycles. The molecule has 2 rings (SSSR count). The van der Waals surface area contributed by atoms with E-state index in [2.05, 4.69) is 4.74 Å². The summed E-state index contributed by atoms with van der Waals surface area (Å²) in [6.45, 7) is 0.599. The first-order chi connectivity index (χ1) is 11.0. The topological polar surface area (TPSA) is 38.8 Å². The zero-order valence-corrected chi connectivity index (χ0v) is 13.5. The van der Waals surface area contributed by atoms with Gasteiger partial charge in [0.2, 0.25) is 0 Å². The summed E-state index contributed by atoms with van der Waals surface area (Å²) in [6.07, 6.45) is -0.315. The number of carbonyl (C=O) groups is 1. The first-order valence-corrected chi connectivity index (χ1v) is 7.25. The summed E-state index contributed by atoms with van der Waals surface area (Å²) >= 11 is 0. The zero-order chi connectivity index (χ0) is 16.8. The first-order valence-electron chi connectivity index (χ1n) is 7.25. The molecule has 4 nitrogen and oxygen atoms in total. The average molecular weight is 317 g/mol. The Labute approximate surface area is 135 Å². The number of nitrogens with zero attached hydrogens (tertiary/aromatic N) is 1. The van der Waals surface area contributed by atoms with Gasteiger partial charge in [-0.05, 0) is 37.9 Å². The SMILES string of the molecule is COC(=O)c1ccc(O[C@@H](CN(C)C)c2ccccc2)c(F)c1. The second-order valence-corrected chi connectivity index (χ2v) is 5.42. The van der Waals surface area contributed by atoms with Gasteiger partial charge in [-0.1, -0.05) is 30.3 Å². The van der Waals surface area contributed by atoms with E-state index in [1.54, 1.807) is 0 Å². The van der Waals surface area contributed by atoms with E-state index < -0.39 is 11.8 Å². The minimum Gasteiger partial charge on any atom is -0.481 e. The molecule has 0 heterocycles. The fraction of sp³-hybridized carbons (Fsp3) is 0.278. The van der Waals surface area contributed by atoms with E-state index in [9.17, 15) is 9.18 Å². The molecule has 0 aliphatic rings. The molecule has 0 fully saturated rings. The normalized spacial score (nSPS) is 12.0. The van der Waals surface area contributed by atoms with Gasteiger partial charge in [-0.15, -0.1) is 0 Å². The van der Waals surface area contributed by atoms with Crippen LogP contribution in [-0.2, 0) is 4.74 Å². The van der Waals surface area contributed by atoms with Crippen LogP contribution in [0.3, 0.4) is 0 Å². The molecule has 0 bridgehead atoms. The highest BCUT2D eigenvalue weighted by Crippen LogP contribution is 2.26. The summed E-state index contributed by atoms with van der Waals surface area (Å²) in [5, 5.41) is 0. The van der Waals surface area contributed by atoms with Crippen LogP contribution in [0.5, 0.6) is 5.75 Å². The minimum atomic E-state index is -0.590. The van der Waals surface area contributed by atoms with Crippen molar-refractivity contribution in [3.63, 3.8) is 0 Å². The van der Waals surface area contributed by atoms with Crippen molar-refractivity contribution in [2.24, 2.45) is 0 Å². The quantitative estimate of drug-likeness (QED) is 0.766. The van der Waals surface area contributed by atoms with E-state index in [1.165, 1.54) is 19.2 Å². The fourth-order valence-corrected chi connectivity index (χ4v) is 2.20. The van der Waals surface area contributed by atoms with Crippen molar-refractivity contribution >= 4 is 5.97 Å². The van der Waals surface area contributed by atoms with Gasteiger partial charge in [-0.25, -0.2) is 9.18 Å². The highest BCUT2D eigenvalue weighted by molar-refractivity contribution is 5.89. The van der Waals surface area contributed by atoms with E-state index in [0.29, 0.717) is 6.54 Å². The highest BCUT2D eigenvalue weighted by atomic mass is 19.1. The van der Waals surface area contributed by atoms with Crippen LogP contribution in [-0.4, -0.2) is 38.6 Å². The molecule has 0 N–H and O–H groups in total. The summed E-state index contributed by atoms with van der Waals surface area (Å²) in [5.41, 5.74) is 1.11. The number of methoxy groups -OCH3 is 1. The van der Waals surface area contributed by atoms with E-state index >= 15 is 0 Å². The van der Waals surface area contributed by atoms with Gasteiger partial charge < -0.3 is 14.4 Å². The van der Waals surface area contributed by atoms with Crippen LogP contribution in [0, 0.1) is 5.82 Å². The maximum atomic E-state index is 14.2. The predicted octanol–water partition coefficient (Wildman–Crippen LogP) is 3.29. The number of ether oxygens (including phenoxy) is 2. The third-order valence-corrected chi connectivity index (χ3v) is 3.32. The number of benzene rings is 2. The number of likely N-dealkylation sites (N-methyl/N-ethyl adjacent to an activating group) is 1. The van der Waals surface area contributed by atoms with E-state index in [0.717, 1.165) is 11.6 Å². The maximum Gasteiger partial charge on any atom is 0.337 e. The molecule has 0 unspecified atom stereocenters. The number of esters is 1. The highest BCUT2D eigenvalue weighted by Gasteiger charge is 2.18. The van der Waals surface area contributed by atoms with Crippen LogP contribution in [0.1, 0.15) is 22.0 Å². The van der Waals surface area contributed by atoms with Crippen molar-refractivity contribution in [3.05, 3.63) is 65.5 Å². The first kappa shape index (κ1) is 17.0. The summed E-state index contributed by atoms with van der Waals surface area (Å²) in [6, 6.07) is 13.7. The fourth-order valence-electron chi connectivity index (χ4n) is 2.20. The van der Waals surface area contributed by atoms with Gasteiger partial charge in [0.25, 0.3) is 0 Å². The molecule has 0 amide bonds. The van der Waals surface area contributed by atoms with Crippen LogP contribution >= 0.6 is 0 Å². The lowest BCUT2D eigenvalue weighted by Gasteiger charge is -2.23. The van der Waals surface area contributed by atoms with Crippen LogP contribution < -0.4 is 4.74 Å². The summed E-state index contributed by atoms with van der Waals surface area (Å²) in [7, 11) is 5.11. The molecule has 0 radical (unpaired) electrons.